The van der Waals surface area contributed by atoms with Crippen molar-refractivity contribution in [3.05, 3.63) is 36.5 Å². The van der Waals surface area contributed by atoms with Crippen molar-refractivity contribution in [3.63, 3.8) is 0 Å². The topological polar surface area (TPSA) is 0 Å². The zero-order valence-corrected chi connectivity index (χ0v) is 13.2. The first-order valence-electron chi connectivity index (χ1n) is 6.83. The van der Waals surface area contributed by atoms with Crippen LogP contribution in [0.3, 0.4) is 0 Å². The summed E-state index contributed by atoms with van der Waals surface area (Å²) in [5.74, 6) is 1.25. The highest BCUT2D eigenvalue weighted by Crippen LogP contribution is 2.39. The molecule has 0 rings (SSSR count). The van der Waals surface area contributed by atoms with E-state index in [1.54, 1.807) is 0 Å². The van der Waals surface area contributed by atoms with Crippen LogP contribution in [0.25, 0.3) is 0 Å². The Kier molecular flexibility index (Phi) is 10.1. The molecule has 0 N–H and O–H groups in total. The Morgan fingerprint density at radius 2 is 1.59 bits per heavy atom. The van der Waals surface area contributed by atoms with Gasteiger partial charge in [-0.3, -0.25) is 0 Å². The molecular formula is C17H32. The van der Waals surface area contributed by atoms with Gasteiger partial charge in [-0.25, -0.2) is 0 Å². The maximum absolute atomic E-state index is 3.71. The van der Waals surface area contributed by atoms with E-state index in [0.29, 0.717) is 17.3 Å². The molecule has 0 saturated heterocycles. The van der Waals surface area contributed by atoms with Crippen molar-refractivity contribution >= 4 is 0 Å². The number of allylic oxidation sites excluding steroid dienone is 5. The summed E-state index contributed by atoms with van der Waals surface area (Å²) in [5.41, 5.74) is 1.72. The summed E-state index contributed by atoms with van der Waals surface area (Å²) in [6, 6.07) is 0. The molecule has 0 aromatic heterocycles. The van der Waals surface area contributed by atoms with Gasteiger partial charge in [0.05, 0.1) is 0 Å². The van der Waals surface area contributed by atoms with E-state index in [4.69, 9.17) is 0 Å². The van der Waals surface area contributed by atoms with Crippen molar-refractivity contribution in [3.8, 4) is 0 Å². The van der Waals surface area contributed by atoms with Crippen molar-refractivity contribution in [2.75, 3.05) is 0 Å². The molecular weight excluding hydrogens is 204 g/mol. The molecule has 0 bridgehead atoms. The van der Waals surface area contributed by atoms with Gasteiger partial charge in [-0.15, -0.1) is 0 Å². The van der Waals surface area contributed by atoms with Gasteiger partial charge in [-0.05, 0) is 29.7 Å². The van der Waals surface area contributed by atoms with Crippen molar-refractivity contribution in [2.45, 2.75) is 55.4 Å². The van der Waals surface area contributed by atoms with Gasteiger partial charge < -0.3 is 0 Å². The minimum Gasteiger partial charge on any atom is -0.0991 e. The second-order valence-corrected chi connectivity index (χ2v) is 5.08. The Balaban J connectivity index is 0. The molecule has 0 amide bonds. The van der Waals surface area contributed by atoms with Crippen molar-refractivity contribution < 1.29 is 0 Å². The standard InChI is InChI=1S/C15H26.C2H6/c1-8-10-11-14(9-2)13(5)15(6,7)12(3)4;1-2/h8-13H,1H2,2-7H3;1-2H3/b11-10-,14-9+;. The van der Waals surface area contributed by atoms with Crippen LogP contribution in [-0.2, 0) is 0 Å². The van der Waals surface area contributed by atoms with Crippen LogP contribution in [0.15, 0.2) is 36.5 Å². The van der Waals surface area contributed by atoms with Gasteiger partial charge in [0.25, 0.3) is 0 Å². The summed E-state index contributed by atoms with van der Waals surface area (Å²) in [4.78, 5) is 0. The minimum absolute atomic E-state index is 0.327. The molecule has 0 aliphatic carbocycles. The molecule has 0 aliphatic rings. The fourth-order valence-corrected chi connectivity index (χ4v) is 1.60. The molecule has 1 atom stereocenters. The van der Waals surface area contributed by atoms with E-state index in [0.717, 1.165) is 0 Å². The fraction of sp³-hybridized carbons (Fsp3) is 0.647. The highest BCUT2D eigenvalue weighted by Gasteiger charge is 2.30. The van der Waals surface area contributed by atoms with Crippen LogP contribution in [0.4, 0.5) is 0 Å². The second kappa shape index (κ2) is 9.27. The molecule has 0 saturated carbocycles. The van der Waals surface area contributed by atoms with Crippen LogP contribution in [0, 0.1) is 17.3 Å². The van der Waals surface area contributed by atoms with Gasteiger partial charge in [0.2, 0.25) is 0 Å². The maximum atomic E-state index is 3.71. The summed E-state index contributed by atoms with van der Waals surface area (Å²) >= 11 is 0. The summed E-state index contributed by atoms with van der Waals surface area (Å²) < 4.78 is 0. The normalized spacial score (nSPS) is 14.5. The van der Waals surface area contributed by atoms with E-state index in [1.165, 1.54) is 5.57 Å². The molecule has 17 heavy (non-hydrogen) atoms. The van der Waals surface area contributed by atoms with E-state index >= 15 is 0 Å². The maximum Gasteiger partial charge on any atom is -0.0140 e. The third kappa shape index (κ3) is 5.91. The predicted octanol–water partition coefficient (Wildman–Crippen LogP) is 6.02. The van der Waals surface area contributed by atoms with Crippen molar-refractivity contribution in [1.82, 2.24) is 0 Å². The molecule has 0 heteroatoms. The van der Waals surface area contributed by atoms with Crippen molar-refractivity contribution in [2.24, 2.45) is 17.3 Å². The third-order valence-corrected chi connectivity index (χ3v) is 3.86. The van der Waals surface area contributed by atoms with Gasteiger partial charge in [-0.1, -0.05) is 79.3 Å². The third-order valence-electron chi connectivity index (χ3n) is 3.86. The lowest BCUT2D eigenvalue weighted by Crippen LogP contribution is -2.28. The van der Waals surface area contributed by atoms with Gasteiger partial charge in [-0.2, -0.15) is 0 Å². The summed E-state index contributed by atoms with van der Waals surface area (Å²) in [6.45, 7) is 21.4. The quantitative estimate of drug-likeness (QED) is 0.512. The number of rotatable bonds is 5. The molecule has 0 aromatic rings. The molecule has 0 nitrogen and oxygen atoms in total. The van der Waals surface area contributed by atoms with E-state index in [2.05, 4.69) is 60.3 Å². The smallest absolute Gasteiger partial charge is 0.0140 e. The van der Waals surface area contributed by atoms with Crippen LogP contribution in [-0.4, -0.2) is 0 Å². The van der Waals surface area contributed by atoms with E-state index in [-0.39, 0.29) is 0 Å². The first-order valence-corrected chi connectivity index (χ1v) is 6.83. The number of hydrogen-bond donors (Lipinski definition) is 0. The van der Waals surface area contributed by atoms with E-state index < -0.39 is 0 Å². The predicted molar refractivity (Wildman–Crippen MR) is 82.2 cm³/mol. The summed E-state index contributed by atoms with van der Waals surface area (Å²) in [5, 5.41) is 0. The summed E-state index contributed by atoms with van der Waals surface area (Å²) in [7, 11) is 0. The Bertz CT molecular complexity index is 251. The Hall–Kier alpha value is -0.780. The van der Waals surface area contributed by atoms with Gasteiger partial charge in [0.15, 0.2) is 0 Å². The van der Waals surface area contributed by atoms with Crippen LogP contribution in [0.2, 0.25) is 0 Å². The average Bonchev–Trinajstić information content (AvgIpc) is 2.32. The van der Waals surface area contributed by atoms with Gasteiger partial charge in [0, 0.05) is 0 Å². The van der Waals surface area contributed by atoms with Crippen LogP contribution in [0.5, 0.6) is 0 Å². The molecule has 0 heterocycles. The molecule has 1 unspecified atom stereocenters. The molecule has 0 spiro atoms. The lowest BCUT2D eigenvalue weighted by Gasteiger charge is -2.36. The average molecular weight is 236 g/mol. The molecule has 100 valence electrons. The SMILES string of the molecule is C=C/C=C\C(=C/C)C(C)C(C)(C)C(C)C.CC. The van der Waals surface area contributed by atoms with Gasteiger partial charge in [0.1, 0.15) is 0 Å². The Labute approximate surface area is 110 Å². The molecule has 0 aliphatic heterocycles. The minimum atomic E-state index is 0.327. The highest BCUT2D eigenvalue weighted by molar-refractivity contribution is 5.24. The lowest BCUT2D eigenvalue weighted by molar-refractivity contribution is 0.179. The Morgan fingerprint density at radius 3 is 1.88 bits per heavy atom. The van der Waals surface area contributed by atoms with Gasteiger partial charge >= 0.3 is 0 Å². The van der Waals surface area contributed by atoms with Crippen LogP contribution in [0.1, 0.15) is 55.4 Å². The van der Waals surface area contributed by atoms with E-state index in [1.807, 2.05) is 26.0 Å². The van der Waals surface area contributed by atoms with Crippen LogP contribution < -0.4 is 0 Å². The monoisotopic (exact) mass is 236 g/mol. The lowest BCUT2D eigenvalue weighted by atomic mass is 9.68. The zero-order chi connectivity index (χ0) is 14.1. The number of hydrogen-bond acceptors (Lipinski definition) is 0. The molecule has 0 fully saturated rings. The first kappa shape index (κ1) is 18.6. The van der Waals surface area contributed by atoms with E-state index in [9.17, 15) is 0 Å². The second-order valence-electron chi connectivity index (χ2n) is 5.08. The fourth-order valence-electron chi connectivity index (χ4n) is 1.60. The zero-order valence-electron chi connectivity index (χ0n) is 13.2. The highest BCUT2D eigenvalue weighted by atomic mass is 14.3. The van der Waals surface area contributed by atoms with Crippen LogP contribution >= 0.6 is 0 Å². The summed E-state index contributed by atoms with van der Waals surface area (Å²) in [6.07, 6.45) is 8.22. The molecule has 0 radical (unpaired) electrons. The molecule has 0 aromatic carbocycles. The largest absolute Gasteiger partial charge is 0.0991 e. The van der Waals surface area contributed by atoms with Crippen molar-refractivity contribution in [1.29, 1.82) is 0 Å². The first-order chi connectivity index (χ1) is 7.87. The Morgan fingerprint density at radius 1 is 1.12 bits per heavy atom.